The normalized spacial score (nSPS) is 13.6. The number of aliphatic hydroxyl groups excluding tert-OH is 1. The Morgan fingerprint density at radius 2 is 2.14 bits per heavy atom. The van der Waals surface area contributed by atoms with Gasteiger partial charge in [0.15, 0.2) is 6.10 Å². The lowest BCUT2D eigenvalue weighted by molar-refractivity contribution is -0.149. The summed E-state index contributed by atoms with van der Waals surface area (Å²) in [4.78, 5) is 10.7. The summed E-state index contributed by atoms with van der Waals surface area (Å²) in [6, 6.07) is 0. The topological polar surface area (TPSA) is 92.7 Å². The molecule has 0 aliphatic carbocycles. The molecule has 1 unspecified atom stereocenters. The molecule has 0 aliphatic heterocycles. The number of sulfonamides is 1. The Morgan fingerprint density at radius 3 is 2.57 bits per heavy atom. The third kappa shape index (κ3) is 5.15. The molecule has 0 saturated carbocycles. The predicted octanol–water partition coefficient (Wildman–Crippen LogP) is -1.15. The molecular weight excluding hydrogens is 210 g/mol. The van der Waals surface area contributed by atoms with E-state index >= 15 is 0 Å². The van der Waals surface area contributed by atoms with E-state index in [0.717, 1.165) is 7.11 Å². The van der Waals surface area contributed by atoms with E-state index in [4.69, 9.17) is 5.11 Å². The molecule has 6 nitrogen and oxygen atoms in total. The van der Waals surface area contributed by atoms with Crippen molar-refractivity contribution in [3.8, 4) is 0 Å². The molecule has 0 fully saturated rings. The lowest BCUT2D eigenvalue weighted by Gasteiger charge is -2.09. The fourth-order valence-corrected chi connectivity index (χ4v) is 1.86. The summed E-state index contributed by atoms with van der Waals surface area (Å²) in [6.07, 6.45) is -0.976. The number of carbonyl (C=O) groups excluding carboxylic acids is 1. The van der Waals surface area contributed by atoms with Gasteiger partial charge >= 0.3 is 5.97 Å². The Kier molecular flexibility index (Phi) is 5.66. The Hall–Kier alpha value is -0.660. The molecule has 7 heteroatoms. The van der Waals surface area contributed by atoms with Crippen molar-refractivity contribution in [3.05, 3.63) is 0 Å². The van der Waals surface area contributed by atoms with Gasteiger partial charge in [0, 0.05) is 6.54 Å². The predicted molar refractivity (Wildman–Crippen MR) is 50.1 cm³/mol. The number of nitrogens with one attached hydrogen (secondary N) is 1. The smallest absolute Gasteiger partial charge is 0.336 e. The van der Waals surface area contributed by atoms with Gasteiger partial charge in [-0.1, -0.05) is 6.92 Å². The second-order valence-electron chi connectivity index (χ2n) is 2.71. The van der Waals surface area contributed by atoms with Gasteiger partial charge in [-0.25, -0.2) is 17.9 Å². The molecule has 0 aliphatic rings. The van der Waals surface area contributed by atoms with E-state index in [1.165, 1.54) is 0 Å². The highest BCUT2D eigenvalue weighted by Crippen LogP contribution is 1.91. The monoisotopic (exact) mass is 225 g/mol. The summed E-state index contributed by atoms with van der Waals surface area (Å²) in [5.41, 5.74) is 0. The zero-order chi connectivity index (χ0) is 11.2. The molecule has 0 radical (unpaired) electrons. The van der Waals surface area contributed by atoms with Gasteiger partial charge in [-0.05, 0) is 6.42 Å². The van der Waals surface area contributed by atoms with Gasteiger partial charge in [0.2, 0.25) is 10.0 Å². The Bertz CT molecular complexity index is 274. The summed E-state index contributed by atoms with van der Waals surface area (Å²) < 4.78 is 28.5. The summed E-state index contributed by atoms with van der Waals surface area (Å²) >= 11 is 0. The third-order valence-electron chi connectivity index (χ3n) is 1.44. The third-order valence-corrected chi connectivity index (χ3v) is 2.99. The molecular formula is C7H15NO5S. The fourth-order valence-electron chi connectivity index (χ4n) is 0.766. The van der Waals surface area contributed by atoms with E-state index in [-0.39, 0.29) is 12.3 Å². The molecule has 0 bridgehead atoms. The lowest BCUT2D eigenvalue weighted by atomic mass is 10.4. The molecule has 0 aromatic heterocycles. The van der Waals surface area contributed by atoms with Gasteiger partial charge in [0.25, 0.3) is 0 Å². The minimum atomic E-state index is -3.39. The van der Waals surface area contributed by atoms with E-state index in [0.29, 0.717) is 6.42 Å². The average Bonchev–Trinajstić information content (AvgIpc) is 2.13. The molecule has 0 aromatic rings. The van der Waals surface area contributed by atoms with Crippen LogP contribution in [0.3, 0.4) is 0 Å². The van der Waals surface area contributed by atoms with Gasteiger partial charge < -0.3 is 9.84 Å². The van der Waals surface area contributed by atoms with E-state index in [1.807, 2.05) is 0 Å². The Labute approximate surface area is 83.3 Å². The summed E-state index contributed by atoms with van der Waals surface area (Å²) in [7, 11) is -2.27. The molecule has 1 atom stereocenters. The summed E-state index contributed by atoms with van der Waals surface area (Å²) in [5.74, 6) is -0.884. The first-order chi connectivity index (χ1) is 6.43. The van der Waals surface area contributed by atoms with Crippen molar-refractivity contribution in [3.63, 3.8) is 0 Å². The van der Waals surface area contributed by atoms with Crippen LogP contribution in [-0.4, -0.2) is 45.0 Å². The number of hydrogen-bond acceptors (Lipinski definition) is 5. The second-order valence-corrected chi connectivity index (χ2v) is 4.63. The van der Waals surface area contributed by atoms with Crippen molar-refractivity contribution < 1.29 is 23.1 Å². The Balaban J connectivity index is 4.00. The van der Waals surface area contributed by atoms with E-state index in [9.17, 15) is 13.2 Å². The highest BCUT2D eigenvalue weighted by Gasteiger charge is 2.18. The molecule has 2 N–H and O–H groups in total. The molecule has 0 spiro atoms. The maximum atomic E-state index is 11.1. The molecule has 0 rings (SSSR count). The van der Waals surface area contributed by atoms with Crippen LogP contribution in [0.2, 0.25) is 0 Å². The van der Waals surface area contributed by atoms with Crippen LogP contribution in [0, 0.1) is 0 Å². The Morgan fingerprint density at radius 1 is 1.57 bits per heavy atom. The van der Waals surface area contributed by atoms with Crippen LogP contribution in [0.5, 0.6) is 0 Å². The highest BCUT2D eigenvalue weighted by atomic mass is 32.2. The molecule has 0 saturated heterocycles. The van der Waals surface area contributed by atoms with Crippen molar-refractivity contribution in [1.29, 1.82) is 0 Å². The number of ether oxygens (including phenoxy) is 1. The van der Waals surface area contributed by atoms with Crippen LogP contribution >= 0.6 is 0 Å². The summed E-state index contributed by atoms with van der Waals surface area (Å²) in [5, 5.41) is 9.05. The SMILES string of the molecule is CCCS(=O)(=O)NCC(O)C(=O)OC. The largest absolute Gasteiger partial charge is 0.467 e. The van der Waals surface area contributed by atoms with Gasteiger partial charge in [-0.15, -0.1) is 0 Å². The lowest BCUT2D eigenvalue weighted by Crippen LogP contribution is -2.38. The van der Waals surface area contributed by atoms with Crippen molar-refractivity contribution in [1.82, 2.24) is 4.72 Å². The van der Waals surface area contributed by atoms with Crippen LogP contribution in [0.1, 0.15) is 13.3 Å². The van der Waals surface area contributed by atoms with Crippen molar-refractivity contribution in [2.45, 2.75) is 19.4 Å². The van der Waals surface area contributed by atoms with Crippen LogP contribution in [0.4, 0.5) is 0 Å². The molecule has 84 valence electrons. The van der Waals surface area contributed by atoms with Crippen LogP contribution in [0.25, 0.3) is 0 Å². The first-order valence-corrected chi connectivity index (χ1v) is 5.81. The molecule has 0 amide bonds. The fraction of sp³-hybridized carbons (Fsp3) is 0.857. The van der Waals surface area contributed by atoms with Crippen LogP contribution in [-0.2, 0) is 19.6 Å². The molecule has 14 heavy (non-hydrogen) atoms. The van der Waals surface area contributed by atoms with Gasteiger partial charge in [-0.3, -0.25) is 0 Å². The second kappa shape index (κ2) is 5.94. The van der Waals surface area contributed by atoms with E-state index in [2.05, 4.69) is 9.46 Å². The van der Waals surface area contributed by atoms with Crippen LogP contribution < -0.4 is 4.72 Å². The van der Waals surface area contributed by atoms with Gasteiger partial charge in [-0.2, -0.15) is 0 Å². The molecule has 0 aromatic carbocycles. The number of methoxy groups -OCH3 is 1. The minimum absolute atomic E-state index is 0.0269. The van der Waals surface area contributed by atoms with Gasteiger partial charge in [0.05, 0.1) is 12.9 Å². The highest BCUT2D eigenvalue weighted by molar-refractivity contribution is 7.89. The zero-order valence-electron chi connectivity index (χ0n) is 8.19. The minimum Gasteiger partial charge on any atom is -0.467 e. The van der Waals surface area contributed by atoms with E-state index < -0.39 is 22.1 Å². The van der Waals surface area contributed by atoms with Crippen LogP contribution in [0.15, 0.2) is 0 Å². The maximum Gasteiger partial charge on any atom is 0.336 e. The van der Waals surface area contributed by atoms with Gasteiger partial charge in [0.1, 0.15) is 0 Å². The number of rotatable bonds is 6. The number of carbonyl (C=O) groups is 1. The first kappa shape index (κ1) is 13.3. The standard InChI is InChI=1S/C7H15NO5S/c1-3-4-14(11,12)8-5-6(9)7(10)13-2/h6,8-9H,3-5H2,1-2H3. The number of esters is 1. The van der Waals surface area contributed by atoms with Crippen molar-refractivity contribution in [2.75, 3.05) is 19.4 Å². The quantitative estimate of drug-likeness (QED) is 0.557. The summed E-state index contributed by atoms with van der Waals surface area (Å²) in [6.45, 7) is 1.37. The average molecular weight is 225 g/mol. The van der Waals surface area contributed by atoms with E-state index in [1.54, 1.807) is 6.92 Å². The first-order valence-electron chi connectivity index (χ1n) is 4.16. The number of aliphatic hydroxyl groups is 1. The van der Waals surface area contributed by atoms with Crippen molar-refractivity contribution in [2.24, 2.45) is 0 Å². The van der Waals surface area contributed by atoms with Crippen molar-refractivity contribution >= 4 is 16.0 Å². The maximum absolute atomic E-state index is 11.1. The molecule has 0 heterocycles. The number of hydrogen-bond donors (Lipinski definition) is 2. The zero-order valence-corrected chi connectivity index (χ0v) is 9.00.